The van der Waals surface area contributed by atoms with Crippen molar-refractivity contribution in [3.63, 3.8) is 0 Å². The Morgan fingerprint density at radius 2 is 1.85 bits per heavy atom. The van der Waals surface area contributed by atoms with Crippen molar-refractivity contribution in [2.75, 3.05) is 39.4 Å². The highest BCUT2D eigenvalue weighted by Crippen LogP contribution is 2.53. The largest absolute Gasteiger partial charge is 0.380 e. The molecule has 1 aromatic rings. The van der Waals surface area contributed by atoms with Crippen LogP contribution in [0.3, 0.4) is 0 Å². The van der Waals surface area contributed by atoms with Crippen LogP contribution in [0.15, 0.2) is 17.0 Å². The number of halogens is 2. The van der Waals surface area contributed by atoms with Crippen molar-refractivity contribution in [1.82, 2.24) is 14.2 Å². The van der Waals surface area contributed by atoms with Crippen LogP contribution in [0.5, 0.6) is 0 Å². The van der Waals surface area contributed by atoms with E-state index in [0.29, 0.717) is 16.5 Å². The minimum atomic E-state index is -2.88. The Morgan fingerprint density at radius 3 is 2.38 bits per heavy atom. The highest BCUT2D eigenvalue weighted by atomic mass is 32.2. The standard InChI is InChI=1S/C19H25F2N3OS/c1-13-15(3-4-16(22-13)17(2,20)21)26-24-9-19(10-24)7-23(8-19)14-5-18(6-14)11-25-12-18/h3-4,14H,5-12H2,1-2H3. The van der Waals surface area contributed by atoms with Crippen molar-refractivity contribution in [3.05, 3.63) is 23.5 Å². The van der Waals surface area contributed by atoms with E-state index in [9.17, 15) is 8.78 Å². The molecule has 3 saturated heterocycles. The third kappa shape index (κ3) is 2.79. The van der Waals surface area contributed by atoms with Crippen LogP contribution in [0.2, 0.25) is 0 Å². The highest BCUT2D eigenvalue weighted by molar-refractivity contribution is 7.97. The van der Waals surface area contributed by atoms with Gasteiger partial charge in [0.05, 0.1) is 18.9 Å². The van der Waals surface area contributed by atoms with Gasteiger partial charge in [-0.25, -0.2) is 4.31 Å². The van der Waals surface area contributed by atoms with Gasteiger partial charge in [0.2, 0.25) is 0 Å². The predicted molar refractivity (Wildman–Crippen MR) is 96.3 cm³/mol. The second-order valence-electron chi connectivity index (χ2n) is 9.02. The van der Waals surface area contributed by atoms with Gasteiger partial charge in [-0.3, -0.25) is 9.88 Å². The molecule has 4 heterocycles. The van der Waals surface area contributed by atoms with E-state index in [0.717, 1.165) is 44.2 Å². The normalized spacial score (nSPS) is 27.7. The number of nitrogens with zero attached hydrogens (tertiary/aromatic N) is 3. The minimum Gasteiger partial charge on any atom is -0.380 e. The van der Waals surface area contributed by atoms with Crippen molar-refractivity contribution in [1.29, 1.82) is 0 Å². The van der Waals surface area contributed by atoms with Gasteiger partial charge in [-0.05, 0) is 43.8 Å². The molecule has 142 valence electrons. The summed E-state index contributed by atoms with van der Waals surface area (Å²) >= 11 is 1.66. The molecule has 1 saturated carbocycles. The van der Waals surface area contributed by atoms with E-state index in [-0.39, 0.29) is 5.69 Å². The maximum Gasteiger partial charge on any atom is 0.286 e. The van der Waals surface area contributed by atoms with Gasteiger partial charge in [-0.15, -0.1) is 0 Å². The third-order valence-corrected chi connectivity index (χ3v) is 7.63. The van der Waals surface area contributed by atoms with Crippen molar-refractivity contribution in [2.24, 2.45) is 10.8 Å². The Hall–Kier alpha value is -0.760. The van der Waals surface area contributed by atoms with E-state index in [2.05, 4.69) is 14.2 Å². The molecule has 0 atom stereocenters. The van der Waals surface area contributed by atoms with Crippen LogP contribution >= 0.6 is 11.9 Å². The van der Waals surface area contributed by atoms with Crippen molar-refractivity contribution in [3.8, 4) is 0 Å². The van der Waals surface area contributed by atoms with Crippen LogP contribution in [-0.4, -0.2) is 59.6 Å². The summed E-state index contributed by atoms with van der Waals surface area (Å²) in [5.74, 6) is -2.88. The second-order valence-corrected chi connectivity index (χ2v) is 10.2. The zero-order valence-corrected chi connectivity index (χ0v) is 16.1. The monoisotopic (exact) mass is 381 g/mol. The van der Waals surface area contributed by atoms with E-state index in [1.54, 1.807) is 18.0 Å². The maximum atomic E-state index is 13.4. The van der Waals surface area contributed by atoms with Gasteiger partial charge >= 0.3 is 0 Å². The average Bonchev–Trinajstić information content (AvgIpc) is 2.39. The molecule has 0 amide bonds. The highest BCUT2D eigenvalue weighted by Gasteiger charge is 2.58. The Kier molecular flexibility index (Phi) is 3.75. The summed E-state index contributed by atoms with van der Waals surface area (Å²) in [7, 11) is 0. The summed E-state index contributed by atoms with van der Waals surface area (Å²) < 4.78 is 34.5. The van der Waals surface area contributed by atoms with Crippen LogP contribution in [0.4, 0.5) is 8.78 Å². The molecule has 3 aliphatic heterocycles. The number of aromatic nitrogens is 1. The van der Waals surface area contributed by atoms with Gasteiger partial charge in [0.25, 0.3) is 5.92 Å². The smallest absolute Gasteiger partial charge is 0.286 e. The number of likely N-dealkylation sites (tertiary alicyclic amines) is 1. The lowest BCUT2D eigenvalue weighted by Gasteiger charge is -2.66. The van der Waals surface area contributed by atoms with E-state index in [4.69, 9.17) is 4.74 Å². The fourth-order valence-corrected chi connectivity index (χ4v) is 6.15. The number of hydrogen-bond donors (Lipinski definition) is 0. The summed E-state index contributed by atoms with van der Waals surface area (Å²) in [6.07, 6.45) is 2.64. The number of rotatable bonds is 4. The van der Waals surface area contributed by atoms with Crippen molar-refractivity contribution >= 4 is 11.9 Å². The van der Waals surface area contributed by atoms with Crippen LogP contribution in [-0.2, 0) is 10.7 Å². The summed E-state index contributed by atoms with van der Waals surface area (Å²) in [5, 5.41) is 0. The van der Waals surface area contributed by atoms with Crippen LogP contribution < -0.4 is 0 Å². The molecule has 0 unspecified atom stereocenters. The predicted octanol–water partition coefficient (Wildman–Crippen LogP) is 3.31. The van der Waals surface area contributed by atoms with Crippen molar-refractivity contribution < 1.29 is 13.5 Å². The molecule has 26 heavy (non-hydrogen) atoms. The molecule has 4 aliphatic rings. The summed E-state index contributed by atoms with van der Waals surface area (Å²) in [6, 6.07) is 4.01. The lowest BCUT2D eigenvalue weighted by Crippen LogP contribution is -2.74. The van der Waals surface area contributed by atoms with E-state index >= 15 is 0 Å². The summed E-state index contributed by atoms with van der Waals surface area (Å²) in [6.45, 7) is 9.25. The fraction of sp³-hybridized carbons (Fsp3) is 0.737. The first-order chi connectivity index (χ1) is 12.3. The van der Waals surface area contributed by atoms with Gasteiger partial charge < -0.3 is 4.74 Å². The molecular weight excluding hydrogens is 356 g/mol. The number of ether oxygens (including phenoxy) is 1. The van der Waals surface area contributed by atoms with Crippen LogP contribution in [0, 0.1) is 17.8 Å². The molecule has 0 bridgehead atoms. The molecule has 1 aromatic heterocycles. The molecule has 7 heteroatoms. The Morgan fingerprint density at radius 1 is 1.15 bits per heavy atom. The molecule has 2 spiro atoms. The summed E-state index contributed by atoms with van der Waals surface area (Å²) in [5.41, 5.74) is 1.54. The number of aryl methyl sites for hydroxylation is 1. The lowest BCUT2D eigenvalue weighted by molar-refractivity contribution is -0.211. The molecule has 5 rings (SSSR count). The maximum absolute atomic E-state index is 13.4. The first-order valence-electron chi connectivity index (χ1n) is 9.37. The minimum absolute atomic E-state index is 0.149. The lowest BCUT2D eigenvalue weighted by atomic mass is 9.61. The van der Waals surface area contributed by atoms with Crippen molar-refractivity contribution in [2.45, 2.75) is 43.5 Å². The third-order valence-electron chi connectivity index (χ3n) is 6.49. The zero-order valence-electron chi connectivity index (χ0n) is 15.3. The number of pyridine rings is 1. The fourth-order valence-electron chi connectivity index (χ4n) is 4.89. The van der Waals surface area contributed by atoms with Crippen LogP contribution in [0.25, 0.3) is 0 Å². The number of alkyl halides is 2. The molecule has 0 radical (unpaired) electrons. The Bertz CT molecular complexity index is 712. The second kappa shape index (κ2) is 5.63. The van der Waals surface area contributed by atoms with Crippen LogP contribution in [0.1, 0.15) is 31.2 Å². The number of hydrogen-bond acceptors (Lipinski definition) is 5. The van der Waals surface area contributed by atoms with Gasteiger partial charge in [-0.1, -0.05) is 0 Å². The SMILES string of the molecule is Cc1nc(C(C)(F)F)ccc1SN1CC2(C1)CN(C1CC3(COC3)C1)C2. The molecule has 4 fully saturated rings. The molecule has 0 N–H and O–H groups in total. The molecular formula is C19H25F2N3OS. The van der Waals surface area contributed by atoms with E-state index in [1.165, 1.54) is 32.0 Å². The molecule has 0 aromatic carbocycles. The molecule has 4 nitrogen and oxygen atoms in total. The first kappa shape index (κ1) is 17.3. The topological polar surface area (TPSA) is 28.6 Å². The first-order valence-corrected chi connectivity index (χ1v) is 10.1. The summed E-state index contributed by atoms with van der Waals surface area (Å²) in [4.78, 5) is 7.72. The van der Waals surface area contributed by atoms with Gasteiger partial charge in [-0.2, -0.15) is 8.78 Å². The van der Waals surface area contributed by atoms with Gasteiger partial charge in [0.1, 0.15) is 5.69 Å². The Labute approximate surface area is 157 Å². The van der Waals surface area contributed by atoms with E-state index in [1.807, 2.05) is 6.92 Å². The quantitative estimate of drug-likeness (QED) is 0.747. The zero-order chi connectivity index (χ0) is 18.2. The van der Waals surface area contributed by atoms with Gasteiger partial charge in [0, 0.05) is 54.9 Å². The van der Waals surface area contributed by atoms with E-state index < -0.39 is 5.92 Å². The Balaban J connectivity index is 1.11. The van der Waals surface area contributed by atoms with Gasteiger partial charge in [0.15, 0.2) is 0 Å². The molecule has 1 aliphatic carbocycles. The average molecular weight is 381 g/mol.